The first-order valence-electron chi connectivity index (χ1n) is 9.01. The Hall–Kier alpha value is -1.43. The minimum Gasteiger partial charge on any atom is -0.350 e. The van der Waals surface area contributed by atoms with Gasteiger partial charge in [-0.05, 0) is 50.4 Å². The van der Waals surface area contributed by atoms with Gasteiger partial charge in [0.05, 0.1) is 19.8 Å². The molecule has 1 amide bonds. The van der Waals surface area contributed by atoms with Crippen molar-refractivity contribution in [2.45, 2.75) is 39.4 Å². The van der Waals surface area contributed by atoms with Gasteiger partial charge in [-0.25, -0.2) is 0 Å². The van der Waals surface area contributed by atoms with E-state index in [1.165, 1.54) is 5.56 Å². The molecule has 5 nitrogen and oxygen atoms in total. The van der Waals surface area contributed by atoms with Gasteiger partial charge in [0.25, 0.3) is 0 Å². The number of nitrogens with zero attached hydrogens (tertiary/aromatic N) is 1. The quantitative estimate of drug-likeness (QED) is 0.900. The maximum Gasteiger partial charge on any atom is 0.238 e. The van der Waals surface area contributed by atoms with Crippen molar-refractivity contribution in [2.24, 2.45) is 5.92 Å². The van der Waals surface area contributed by atoms with Crippen molar-refractivity contribution in [3.05, 3.63) is 29.3 Å². The lowest BCUT2D eigenvalue weighted by molar-refractivity contribution is -0.119. The number of carbonyl (C=O) groups is 1. The maximum atomic E-state index is 12.4. The Morgan fingerprint density at radius 3 is 2.62 bits per heavy atom. The van der Waals surface area contributed by atoms with Crippen LogP contribution >= 0.6 is 0 Å². The van der Waals surface area contributed by atoms with Crippen LogP contribution in [-0.4, -0.2) is 49.9 Å². The van der Waals surface area contributed by atoms with Crippen molar-refractivity contribution in [3.8, 4) is 0 Å². The highest BCUT2D eigenvalue weighted by atomic mass is 16.7. The van der Waals surface area contributed by atoms with Gasteiger partial charge in [0.2, 0.25) is 5.91 Å². The molecule has 24 heavy (non-hydrogen) atoms. The van der Waals surface area contributed by atoms with Crippen LogP contribution in [0.25, 0.3) is 0 Å². The molecule has 3 rings (SSSR count). The monoisotopic (exact) mass is 332 g/mol. The SMILES string of the molecule is CCc1cccc(C)c1NC(=O)CN1CCC(C2OCCO2)CC1. The number of anilines is 1. The van der Waals surface area contributed by atoms with Gasteiger partial charge in [0.1, 0.15) is 0 Å². The Morgan fingerprint density at radius 2 is 1.96 bits per heavy atom. The minimum atomic E-state index is -0.0277. The van der Waals surface area contributed by atoms with Crippen molar-refractivity contribution in [2.75, 3.05) is 38.2 Å². The Morgan fingerprint density at radius 1 is 1.25 bits per heavy atom. The minimum absolute atomic E-state index is 0.0277. The van der Waals surface area contributed by atoms with E-state index in [0.29, 0.717) is 25.7 Å². The van der Waals surface area contributed by atoms with Gasteiger partial charge >= 0.3 is 0 Å². The van der Waals surface area contributed by atoms with Crippen molar-refractivity contribution in [3.63, 3.8) is 0 Å². The number of piperidine rings is 1. The van der Waals surface area contributed by atoms with E-state index in [4.69, 9.17) is 9.47 Å². The second kappa shape index (κ2) is 8.10. The second-order valence-electron chi connectivity index (χ2n) is 6.73. The Balaban J connectivity index is 1.49. The van der Waals surface area contributed by atoms with Crippen LogP contribution in [0, 0.1) is 12.8 Å². The molecule has 2 heterocycles. The predicted molar refractivity (Wildman–Crippen MR) is 94.0 cm³/mol. The standard InChI is InChI=1S/C19H28N2O3/c1-3-15-6-4-5-14(2)18(15)20-17(22)13-21-9-7-16(8-10-21)19-23-11-12-24-19/h4-6,16,19H,3,7-13H2,1-2H3,(H,20,22). The summed E-state index contributed by atoms with van der Waals surface area (Å²) in [5.74, 6) is 0.542. The van der Waals surface area contributed by atoms with Crippen LogP contribution < -0.4 is 5.32 Å². The summed E-state index contributed by atoms with van der Waals surface area (Å²) in [6.45, 7) is 7.89. The van der Waals surface area contributed by atoms with Gasteiger partial charge in [0, 0.05) is 11.6 Å². The molecule has 1 N–H and O–H groups in total. The molecule has 0 bridgehead atoms. The van der Waals surface area contributed by atoms with E-state index in [1.54, 1.807) is 0 Å². The molecule has 0 aliphatic carbocycles. The van der Waals surface area contributed by atoms with Gasteiger partial charge in [-0.1, -0.05) is 25.1 Å². The third kappa shape index (κ3) is 4.15. The van der Waals surface area contributed by atoms with Gasteiger partial charge in [-0.3, -0.25) is 9.69 Å². The van der Waals surface area contributed by atoms with E-state index < -0.39 is 0 Å². The number of rotatable bonds is 5. The highest BCUT2D eigenvalue weighted by molar-refractivity contribution is 5.93. The molecular weight excluding hydrogens is 304 g/mol. The van der Waals surface area contributed by atoms with Gasteiger partial charge in [-0.15, -0.1) is 0 Å². The summed E-state index contributed by atoms with van der Waals surface area (Å²) in [6.07, 6.45) is 2.95. The number of likely N-dealkylation sites (tertiary alicyclic amines) is 1. The molecule has 0 saturated carbocycles. The smallest absolute Gasteiger partial charge is 0.238 e. The molecular formula is C19H28N2O3. The predicted octanol–water partition coefficient (Wildman–Crippen LogP) is 2.58. The van der Waals surface area contributed by atoms with Crippen molar-refractivity contribution in [1.29, 1.82) is 0 Å². The molecule has 0 atom stereocenters. The molecule has 0 aromatic heterocycles. The first-order valence-corrected chi connectivity index (χ1v) is 9.01. The zero-order chi connectivity index (χ0) is 16.9. The van der Waals surface area contributed by atoms with Crippen LogP contribution in [0.5, 0.6) is 0 Å². The summed E-state index contributed by atoms with van der Waals surface area (Å²) >= 11 is 0. The fourth-order valence-corrected chi connectivity index (χ4v) is 3.62. The Bertz CT molecular complexity index is 562. The van der Waals surface area contributed by atoms with Crippen LogP contribution in [-0.2, 0) is 20.7 Å². The maximum absolute atomic E-state index is 12.4. The fourth-order valence-electron chi connectivity index (χ4n) is 3.62. The van der Waals surface area contributed by atoms with Crippen molar-refractivity contribution in [1.82, 2.24) is 4.90 Å². The number of para-hydroxylation sites is 1. The normalized spacial score (nSPS) is 20.4. The van der Waals surface area contributed by atoms with Crippen LogP contribution in [0.2, 0.25) is 0 Å². The number of aryl methyl sites for hydroxylation is 2. The first-order chi connectivity index (χ1) is 11.7. The zero-order valence-electron chi connectivity index (χ0n) is 14.7. The van der Waals surface area contributed by atoms with E-state index in [2.05, 4.69) is 23.2 Å². The largest absolute Gasteiger partial charge is 0.350 e. The number of hydrogen-bond donors (Lipinski definition) is 1. The lowest BCUT2D eigenvalue weighted by Crippen LogP contribution is -2.41. The van der Waals surface area contributed by atoms with Crippen molar-refractivity contribution < 1.29 is 14.3 Å². The van der Waals surface area contributed by atoms with Crippen LogP contribution in [0.3, 0.4) is 0 Å². The van der Waals surface area contributed by atoms with Crippen LogP contribution in [0.1, 0.15) is 30.9 Å². The third-order valence-corrected chi connectivity index (χ3v) is 5.04. The molecule has 2 aliphatic rings. The first kappa shape index (κ1) is 17.4. The van der Waals surface area contributed by atoms with Gasteiger partial charge in [-0.2, -0.15) is 0 Å². The second-order valence-corrected chi connectivity index (χ2v) is 6.73. The topological polar surface area (TPSA) is 50.8 Å². The Labute approximate surface area is 144 Å². The van der Waals surface area contributed by atoms with E-state index in [-0.39, 0.29) is 12.2 Å². The summed E-state index contributed by atoms with van der Waals surface area (Å²) in [5.41, 5.74) is 3.29. The number of hydrogen-bond acceptors (Lipinski definition) is 4. The highest BCUT2D eigenvalue weighted by Gasteiger charge is 2.30. The molecule has 2 saturated heterocycles. The highest BCUT2D eigenvalue weighted by Crippen LogP contribution is 2.26. The number of amides is 1. The molecule has 5 heteroatoms. The number of nitrogens with one attached hydrogen (secondary N) is 1. The lowest BCUT2D eigenvalue weighted by Gasteiger charge is -2.33. The van der Waals surface area contributed by atoms with Crippen LogP contribution in [0.4, 0.5) is 5.69 Å². The molecule has 2 aliphatic heterocycles. The number of ether oxygens (including phenoxy) is 2. The van der Waals surface area contributed by atoms with Gasteiger partial charge < -0.3 is 14.8 Å². The summed E-state index contributed by atoms with van der Waals surface area (Å²) in [4.78, 5) is 14.7. The molecule has 2 fully saturated rings. The molecule has 1 aromatic carbocycles. The summed E-state index contributed by atoms with van der Waals surface area (Å²) < 4.78 is 11.2. The molecule has 0 radical (unpaired) electrons. The van der Waals surface area contributed by atoms with E-state index in [9.17, 15) is 4.79 Å². The molecule has 132 valence electrons. The fraction of sp³-hybridized carbons (Fsp3) is 0.632. The third-order valence-electron chi connectivity index (χ3n) is 5.04. The summed E-state index contributed by atoms with van der Waals surface area (Å²) in [5, 5.41) is 3.11. The lowest BCUT2D eigenvalue weighted by atomic mass is 9.96. The van der Waals surface area contributed by atoms with Crippen LogP contribution in [0.15, 0.2) is 18.2 Å². The average Bonchev–Trinajstić information content (AvgIpc) is 3.12. The summed E-state index contributed by atoms with van der Waals surface area (Å²) in [7, 11) is 0. The molecule has 0 unspecified atom stereocenters. The number of benzene rings is 1. The van der Waals surface area contributed by atoms with Crippen molar-refractivity contribution >= 4 is 11.6 Å². The average molecular weight is 332 g/mol. The van der Waals surface area contributed by atoms with Gasteiger partial charge in [0.15, 0.2) is 6.29 Å². The van der Waals surface area contributed by atoms with E-state index in [0.717, 1.165) is 43.6 Å². The molecule has 1 aromatic rings. The number of carbonyl (C=O) groups excluding carboxylic acids is 1. The van der Waals surface area contributed by atoms with E-state index in [1.807, 2.05) is 19.1 Å². The Kier molecular flexibility index (Phi) is 5.87. The van der Waals surface area contributed by atoms with E-state index >= 15 is 0 Å². The molecule has 0 spiro atoms. The zero-order valence-corrected chi connectivity index (χ0v) is 14.7. The summed E-state index contributed by atoms with van der Waals surface area (Å²) in [6, 6.07) is 6.17.